The van der Waals surface area contributed by atoms with E-state index in [9.17, 15) is 18.7 Å². The predicted octanol–water partition coefficient (Wildman–Crippen LogP) is 3.37. The van der Waals surface area contributed by atoms with Gasteiger partial charge in [0, 0.05) is 5.56 Å². The highest BCUT2D eigenvalue weighted by Gasteiger charge is 2.48. The number of rotatable bonds is 4. The van der Waals surface area contributed by atoms with Crippen molar-refractivity contribution < 1.29 is 23.4 Å². The number of hydrogen-bond donors (Lipinski definition) is 1. The van der Waals surface area contributed by atoms with Gasteiger partial charge in [-0.1, -0.05) is 6.42 Å². The molecular weight excluding hydrogens is 254 g/mol. The number of methoxy groups -OCH3 is 1. The molecule has 5 heteroatoms. The number of carboxylic acids is 1. The van der Waals surface area contributed by atoms with Crippen LogP contribution < -0.4 is 4.74 Å². The average Bonchev–Trinajstić information content (AvgIpc) is 2.26. The lowest BCUT2D eigenvalue weighted by atomic mass is 9.64. The molecule has 0 bridgehead atoms. The molecule has 1 atom stereocenters. The molecule has 0 amide bonds. The Hall–Kier alpha value is -1.65. The second-order valence-electron chi connectivity index (χ2n) is 4.94. The Bertz CT molecular complexity index is 508. The van der Waals surface area contributed by atoms with E-state index in [4.69, 9.17) is 4.74 Å². The molecule has 0 aromatic heterocycles. The number of alkyl halides is 1. The highest BCUT2D eigenvalue weighted by Crippen LogP contribution is 2.48. The lowest BCUT2D eigenvalue weighted by Gasteiger charge is -2.39. The fourth-order valence-electron chi connectivity index (χ4n) is 2.54. The topological polar surface area (TPSA) is 46.5 Å². The van der Waals surface area contributed by atoms with Gasteiger partial charge in [0.15, 0.2) is 11.6 Å². The first-order chi connectivity index (χ1) is 8.92. The second-order valence-corrected chi connectivity index (χ2v) is 4.94. The summed E-state index contributed by atoms with van der Waals surface area (Å²) in [7, 11) is 1.29. The average molecular weight is 270 g/mol. The van der Waals surface area contributed by atoms with Crippen LogP contribution in [0.25, 0.3) is 0 Å². The molecule has 0 spiro atoms. The molecule has 19 heavy (non-hydrogen) atoms. The summed E-state index contributed by atoms with van der Waals surface area (Å²) in [4.78, 5) is 11.5. The molecule has 0 heterocycles. The molecule has 2 rings (SSSR count). The van der Waals surface area contributed by atoms with E-state index in [1.165, 1.54) is 20.1 Å². The molecule has 1 aliphatic carbocycles. The van der Waals surface area contributed by atoms with Crippen molar-refractivity contribution in [3.8, 4) is 5.75 Å². The smallest absolute Gasteiger partial charge is 0.314 e. The number of carboxylic acid groups (broad SMARTS) is 1. The minimum Gasteiger partial charge on any atom is -0.493 e. The number of carbonyl (C=O) groups is 1. The van der Waals surface area contributed by atoms with Crippen LogP contribution in [-0.2, 0) is 10.2 Å². The Morgan fingerprint density at radius 3 is 2.47 bits per heavy atom. The van der Waals surface area contributed by atoms with E-state index in [2.05, 4.69) is 0 Å². The fourth-order valence-corrected chi connectivity index (χ4v) is 2.54. The zero-order valence-electron chi connectivity index (χ0n) is 10.9. The van der Waals surface area contributed by atoms with Crippen molar-refractivity contribution in [2.24, 2.45) is 0 Å². The first-order valence-electron chi connectivity index (χ1n) is 6.18. The van der Waals surface area contributed by atoms with Gasteiger partial charge in [0.1, 0.15) is 6.17 Å². The SMILES string of the molecule is COc1c(F)cc(C(C)F)cc1C1(C(=O)O)CCC1. The molecule has 0 aliphatic heterocycles. The maximum atomic E-state index is 13.9. The Morgan fingerprint density at radius 1 is 1.47 bits per heavy atom. The zero-order chi connectivity index (χ0) is 14.2. The Morgan fingerprint density at radius 2 is 2.11 bits per heavy atom. The third kappa shape index (κ3) is 2.07. The monoisotopic (exact) mass is 270 g/mol. The van der Waals surface area contributed by atoms with E-state index < -0.39 is 23.4 Å². The van der Waals surface area contributed by atoms with E-state index in [1.807, 2.05) is 0 Å². The van der Waals surface area contributed by atoms with E-state index in [1.54, 1.807) is 0 Å². The number of ether oxygens (including phenoxy) is 1. The third-order valence-corrected chi connectivity index (χ3v) is 3.86. The van der Waals surface area contributed by atoms with Crippen molar-refractivity contribution in [3.63, 3.8) is 0 Å². The molecule has 1 saturated carbocycles. The first kappa shape index (κ1) is 13.8. The van der Waals surface area contributed by atoms with Gasteiger partial charge in [-0.15, -0.1) is 0 Å². The standard InChI is InChI=1S/C14H16F2O3/c1-8(15)9-6-10(12(19-2)11(16)7-9)14(13(17)18)4-3-5-14/h6-8H,3-5H2,1-2H3,(H,17,18). The van der Waals surface area contributed by atoms with Crippen LogP contribution in [0.15, 0.2) is 12.1 Å². The number of benzene rings is 1. The normalized spacial score (nSPS) is 18.5. The van der Waals surface area contributed by atoms with E-state index in [-0.39, 0.29) is 16.9 Å². The first-order valence-corrected chi connectivity index (χ1v) is 6.18. The molecule has 1 fully saturated rings. The van der Waals surface area contributed by atoms with Crippen LogP contribution >= 0.6 is 0 Å². The summed E-state index contributed by atoms with van der Waals surface area (Å²) in [6.07, 6.45) is 0.238. The van der Waals surface area contributed by atoms with Gasteiger partial charge in [-0.3, -0.25) is 4.79 Å². The zero-order valence-corrected chi connectivity index (χ0v) is 10.9. The summed E-state index contributed by atoms with van der Waals surface area (Å²) in [6, 6.07) is 2.47. The molecule has 1 aromatic carbocycles. The molecule has 1 aromatic rings. The summed E-state index contributed by atoms with van der Waals surface area (Å²) in [5.41, 5.74) is -0.758. The lowest BCUT2D eigenvalue weighted by Crippen LogP contribution is -2.42. The van der Waals surface area contributed by atoms with Crippen LogP contribution in [0.4, 0.5) is 8.78 Å². The number of halogens is 2. The molecule has 1 N–H and O–H groups in total. The molecule has 0 radical (unpaired) electrons. The summed E-state index contributed by atoms with van der Waals surface area (Å²) in [6.45, 7) is 1.29. The van der Waals surface area contributed by atoms with Gasteiger partial charge in [-0.2, -0.15) is 0 Å². The number of hydrogen-bond acceptors (Lipinski definition) is 2. The van der Waals surface area contributed by atoms with Crippen molar-refractivity contribution >= 4 is 5.97 Å². The maximum Gasteiger partial charge on any atom is 0.314 e. The fraction of sp³-hybridized carbons (Fsp3) is 0.500. The van der Waals surface area contributed by atoms with Crippen molar-refractivity contribution in [3.05, 3.63) is 29.1 Å². The molecule has 3 nitrogen and oxygen atoms in total. The molecule has 1 aliphatic rings. The van der Waals surface area contributed by atoms with Gasteiger partial charge in [0.05, 0.1) is 12.5 Å². The van der Waals surface area contributed by atoms with Gasteiger partial charge in [-0.05, 0) is 37.5 Å². The van der Waals surface area contributed by atoms with Gasteiger partial charge in [0.25, 0.3) is 0 Å². The van der Waals surface area contributed by atoms with E-state index in [0.29, 0.717) is 12.8 Å². The Balaban J connectivity index is 2.63. The summed E-state index contributed by atoms with van der Waals surface area (Å²) in [5, 5.41) is 9.41. The second kappa shape index (κ2) is 4.79. The quantitative estimate of drug-likeness (QED) is 0.912. The van der Waals surface area contributed by atoms with Crippen molar-refractivity contribution in [1.29, 1.82) is 0 Å². The van der Waals surface area contributed by atoms with Crippen LogP contribution in [0.2, 0.25) is 0 Å². The number of aliphatic carboxylic acids is 1. The van der Waals surface area contributed by atoms with Crippen LogP contribution in [0.3, 0.4) is 0 Å². The van der Waals surface area contributed by atoms with Gasteiger partial charge >= 0.3 is 5.97 Å². The van der Waals surface area contributed by atoms with Crippen molar-refractivity contribution in [2.45, 2.75) is 37.8 Å². The largest absolute Gasteiger partial charge is 0.493 e. The highest BCUT2D eigenvalue weighted by molar-refractivity contribution is 5.84. The minimum atomic E-state index is -1.36. The minimum absolute atomic E-state index is 0.0912. The molecule has 1 unspecified atom stereocenters. The summed E-state index contributed by atoms with van der Waals surface area (Å²) < 4.78 is 32.3. The van der Waals surface area contributed by atoms with E-state index >= 15 is 0 Å². The lowest BCUT2D eigenvalue weighted by molar-refractivity contribution is -0.147. The van der Waals surface area contributed by atoms with Crippen molar-refractivity contribution in [1.82, 2.24) is 0 Å². The maximum absolute atomic E-state index is 13.9. The molecule has 0 saturated heterocycles. The Labute approximate surface area is 110 Å². The third-order valence-electron chi connectivity index (χ3n) is 3.86. The van der Waals surface area contributed by atoms with Gasteiger partial charge in [-0.25, -0.2) is 8.78 Å². The Kier molecular flexibility index (Phi) is 3.47. The molecule has 104 valence electrons. The highest BCUT2D eigenvalue weighted by atomic mass is 19.1. The van der Waals surface area contributed by atoms with Crippen molar-refractivity contribution in [2.75, 3.05) is 7.11 Å². The summed E-state index contributed by atoms with van der Waals surface area (Å²) in [5.74, 6) is -1.82. The van der Waals surface area contributed by atoms with Gasteiger partial charge in [0.2, 0.25) is 0 Å². The van der Waals surface area contributed by atoms with Crippen LogP contribution in [0, 0.1) is 5.82 Å². The van der Waals surface area contributed by atoms with Crippen LogP contribution in [0.5, 0.6) is 5.75 Å². The van der Waals surface area contributed by atoms with Crippen LogP contribution in [0.1, 0.15) is 43.5 Å². The van der Waals surface area contributed by atoms with Crippen LogP contribution in [-0.4, -0.2) is 18.2 Å². The summed E-state index contributed by atoms with van der Waals surface area (Å²) >= 11 is 0. The van der Waals surface area contributed by atoms with Gasteiger partial charge < -0.3 is 9.84 Å². The van der Waals surface area contributed by atoms with E-state index in [0.717, 1.165) is 12.5 Å². The molecular formula is C14H16F2O3. The predicted molar refractivity (Wildman–Crippen MR) is 65.6 cm³/mol.